The molecular formula is C38H60N4O6S2. The van der Waals surface area contributed by atoms with Crippen molar-refractivity contribution in [1.82, 2.24) is 9.88 Å². The molecule has 0 radical (unpaired) electrons. The van der Waals surface area contributed by atoms with Gasteiger partial charge < -0.3 is 19.6 Å². The molecule has 0 fully saturated rings. The number of esters is 1. The molecule has 3 rings (SSSR count). The second kappa shape index (κ2) is 20.0. The molecule has 0 saturated carbocycles. The highest BCUT2D eigenvalue weighted by Gasteiger charge is 2.20. The Morgan fingerprint density at radius 2 is 1.52 bits per heavy atom. The van der Waals surface area contributed by atoms with E-state index in [0.717, 1.165) is 49.2 Å². The van der Waals surface area contributed by atoms with Crippen molar-refractivity contribution in [3.05, 3.63) is 42.5 Å². The maximum Gasteiger partial charge on any atom is 0.339 e. The number of benzene rings is 2. The third-order valence-corrected chi connectivity index (χ3v) is 9.92. The lowest BCUT2D eigenvalue weighted by Gasteiger charge is -2.30. The van der Waals surface area contributed by atoms with Gasteiger partial charge >= 0.3 is 16.1 Å². The van der Waals surface area contributed by atoms with E-state index in [9.17, 15) is 18.0 Å². The second-order valence-electron chi connectivity index (χ2n) is 14.4. The van der Waals surface area contributed by atoms with E-state index in [-0.39, 0.29) is 34.0 Å². The summed E-state index contributed by atoms with van der Waals surface area (Å²) in [6.45, 7) is 23.9. The third-order valence-electron chi connectivity index (χ3n) is 7.73. The van der Waals surface area contributed by atoms with E-state index in [1.807, 2.05) is 34.6 Å². The number of ether oxygens (including phenoxy) is 1. The number of aromatic nitrogens is 1. The predicted molar refractivity (Wildman–Crippen MR) is 207 cm³/mol. The summed E-state index contributed by atoms with van der Waals surface area (Å²) in [5.41, 5.74) is 1.18. The fraction of sp³-hybridized carbons (Fsp3) is 0.605. The van der Waals surface area contributed by atoms with E-state index >= 15 is 0 Å². The van der Waals surface area contributed by atoms with Crippen LogP contribution in [0.15, 0.2) is 47.4 Å². The Hall–Kier alpha value is -3.22. The van der Waals surface area contributed by atoms with Gasteiger partial charge in [0.25, 0.3) is 0 Å². The van der Waals surface area contributed by atoms with Gasteiger partial charge in [-0.2, -0.15) is 8.42 Å². The van der Waals surface area contributed by atoms with Gasteiger partial charge in [-0.3, -0.25) is 14.5 Å². The van der Waals surface area contributed by atoms with Gasteiger partial charge in [-0.1, -0.05) is 64.7 Å². The van der Waals surface area contributed by atoms with Crippen LogP contribution in [0.25, 0.3) is 10.2 Å². The van der Waals surface area contributed by atoms with Crippen molar-refractivity contribution in [1.29, 1.82) is 0 Å². The summed E-state index contributed by atoms with van der Waals surface area (Å²) in [5, 5.41) is 6.77. The standard InChI is InChI=1S/C30H44N4O4S2.C8H16O2/c1-7-9-23(10-8-2)19-29(35)33-30-32-27-16-13-25(20-28(27)39-30)38-40(36,37)26-14-11-24(12-15-26)31-17-18-34(21(3)4)22(5)6;1-6(2)7(9)10-8(3,4)5/h11-16,20-23,31H,7-10,17-19H2,1-6H3,(H,32,33,35);6H,1-5H3. The lowest BCUT2D eigenvalue weighted by atomic mass is 9.94. The molecule has 0 spiro atoms. The molecular weight excluding hydrogens is 673 g/mol. The summed E-state index contributed by atoms with van der Waals surface area (Å²) in [6.07, 6.45) is 4.66. The number of thiazole rings is 1. The number of hydrogen-bond donors (Lipinski definition) is 2. The number of hydrogen-bond acceptors (Lipinski definition) is 10. The number of fused-ring (bicyclic) bond motifs is 1. The highest BCUT2D eigenvalue weighted by atomic mass is 32.2. The first-order chi connectivity index (χ1) is 23.3. The van der Waals surface area contributed by atoms with Crippen LogP contribution in [0.1, 0.15) is 108 Å². The predicted octanol–water partition coefficient (Wildman–Crippen LogP) is 9.12. The van der Waals surface area contributed by atoms with Gasteiger partial charge in [0, 0.05) is 43.3 Å². The SMILES string of the molecule is CC(C)C(=O)OC(C)(C)C.CCCC(CCC)CC(=O)Nc1nc2ccc(OS(=O)(=O)c3ccc(NCCN(C(C)C)C(C)C)cc3)cc2s1. The average molecular weight is 733 g/mol. The summed E-state index contributed by atoms with van der Waals surface area (Å²) in [5.74, 6) is 0.371. The van der Waals surface area contributed by atoms with Crippen LogP contribution in [0.2, 0.25) is 0 Å². The molecule has 2 N–H and O–H groups in total. The van der Waals surface area contributed by atoms with Crippen LogP contribution in [-0.2, 0) is 24.4 Å². The van der Waals surface area contributed by atoms with Crippen molar-refractivity contribution in [2.45, 2.75) is 131 Å². The minimum Gasteiger partial charge on any atom is -0.460 e. The number of amides is 1. The number of carbonyl (C=O) groups is 2. The van der Waals surface area contributed by atoms with Gasteiger partial charge in [0.1, 0.15) is 16.2 Å². The average Bonchev–Trinajstić information content (AvgIpc) is 3.40. The first kappa shape index (κ1) is 42.9. The normalized spacial score (nSPS) is 12.1. The largest absolute Gasteiger partial charge is 0.460 e. The van der Waals surface area contributed by atoms with Crippen LogP contribution >= 0.6 is 11.3 Å². The number of rotatable bonds is 17. The van der Waals surface area contributed by atoms with Crippen LogP contribution in [0.5, 0.6) is 5.75 Å². The molecule has 2 aromatic carbocycles. The fourth-order valence-corrected chi connectivity index (χ4v) is 7.22. The molecule has 50 heavy (non-hydrogen) atoms. The highest BCUT2D eigenvalue weighted by Crippen LogP contribution is 2.31. The molecule has 0 aliphatic heterocycles. The quantitative estimate of drug-likeness (QED) is 0.103. The molecule has 1 amide bonds. The topological polar surface area (TPSA) is 127 Å². The molecule has 3 aromatic rings. The summed E-state index contributed by atoms with van der Waals surface area (Å²) < 4.78 is 37.1. The summed E-state index contributed by atoms with van der Waals surface area (Å²) in [6, 6.07) is 12.4. The molecule has 12 heteroatoms. The maximum atomic E-state index is 12.9. The summed E-state index contributed by atoms with van der Waals surface area (Å²) in [4.78, 5) is 30.5. The molecule has 0 saturated heterocycles. The van der Waals surface area contributed by atoms with Crippen LogP contribution in [0.4, 0.5) is 10.8 Å². The zero-order chi connectivity index (χ0) is 37.6. The van der Waals surface area contributed by atoms with E-state index in [1.165, 1.54) is 11.3 Å². The van der Waals surface area contributed by atoms with Crippen LogP contribution in [-0.4, -0.2) is 61.0 Å². The van der Waals surface area contributed by atoms with E-state index < -0.39 is 10.1 Å². The van der Waals surface area contributed by atoms with E-state index in [0.29, 0.717) is 35.1 Å². The zero-order valence-electron chi connectivity index (χ0n) is 32.0. The molecule has 0 atom stereocenters. The van der Waals surface area contributed by atoms with Gasteiger partial charge in [0.15, 0.2) is 5.13 Å². The lowest BCUT2D eigenvalue weighted by molar-refractivity contribution is -0.158. The monoisotopic (exact) mass is 732 g/mol. The van der Waals surface area contributed by atoms with E-state index in [1.54, 1.807) is 42.5 Å². The minimum absolute atomic E-state index is 0.0285. The second-order valence-corrected chi connectivity index (χ2v) is 17.0. The van der Waals surface area contributed by atoms with Crippen molar-refractivity contribution in [3.8, 4) is 5.75 Å². The first-order valence-corrected chi connectivity index (χ1v) is 20.0. The third kappa shape index (κ3) is 14.9. The van der Waals surface area contributed by atoms with Crippen molar-refractivity contribution in [2.24, 2.45) is 11.8 Å². The molecule has 1 heterocycles. The van der Waals surface area contributed by atoms with E-state index in [2.05, 4.69) is 62.1 Å². The fourth-order valence-electron chi connectivity index (χ4n) is 5.38. The molecule has 280 valence electrons. The number of nitrogens with zero attached hydrogens (tertiary/aromatic N) is 2. The first-order valence-electron chi connectivity index (χ1n) is 17.8. The molecule has 0 bridgehead atoms. The summed E-state index contributed by atoms with van der Waals surface area (Å²) in [7, 11) is -4.01. The Labute approximate surface area is 304 Å². The van der Waals surface area contributed by atoms with Crippen LogP contribution in [0, 0.1) is 11.8 Å². The molecule has 0 aliphatic rings. The Balaban J connectivity index is 0.000000752. The van der Waals surface area contributed by atoms with Gasteiger partial charge in [-0.15, -0.1) is 0 Å². The van der Waals surface area contributed by atoms with Crippen molar-refractivity contribution in [3.63, 3.8) is 0 Å². The van der Waals surface area contributed by atoms with Crippen LogP contribution in [0.3, 0.4) is 0 Å². The smallest absolute Gasteiger partial charge is 0.339 e. The summed E-state index contributed by atoms with van der Waals surface area (Å²) >= 11 is 1.30. The van der Waals surface area contributed by atoms with Crippen molar-refractivity contribution < 1.29 is 26.9 Å². The Kier molecular flexibility index (Phi) is 17.2. The lowest BCUT2D eigenvalue weighted by Crippen LogP contribution is -2.40. The Morgan fingerprint density at radius 3 is 2.02 bits per heavy atom. The maximum absolute atomic E-state index is 12.9. The van der Waals surface area contributed by atoms with Gasteiger partial charge in [-0.25, -0.2) is 4.98 Å². The van der Waals surface area contributed by atoms with Crippen molar-refractivity contribution >= 4 is 54.4 Å². The molecule has 10 nitrogen and oxygen atoms in total. The van der Waals surface area contributed by atoms with Crippen LogP contribution < -0.4 is 14.8 Å². The van der Waals surface area contributed by atoms with Gasteiger partial charge in [0.05, 0.1) is 16.1 Å². The van der Waals surface area contributed by atoms with Crippen molar-refractivity contribution in [2.75, 3.05) is 23.7 Å². The van der Waals surface area contributed by atoms with E-state index in [4.69, 9.17) is 8.92 Å². The van der Waals surface area contributed by atoms with Gasteiger partial charge in [0.2, 0.25) is 5.91 Å². The number of carbonyl (C=O) groups excluding carboxylic acids is 2. The number of nitrogens with one attached hydrogen (secondary N) is 2. The molecule has 0 unspecified atom stereocenters. The number of anilines is 2. The molecule has 1 aromatic heterocycles. The zero-order valence-corrected chi connectivity index (χ0v) is 33.6. The highest BCUT2D eigenvalue weighted by molar-refractivity contribution is 7.87. The molecule has 0 aliphatic carbocycles. The Bertz CT molecular complexity index is 1580. The minimum atomic E-state index is -4.01. The Morgan fingerprint density at radius 1 is 0.920 bits per heavy atom. The van der Waals surface area contributed by atoms with Gasteiger partial charge in [-0.05, 0) is 90.8 Å².